The summed E-state index contributed by atoms with van der Waals surface area (Å²) in [5.41, 5.74) is 5.30. The highest BCUT2D eigenvalue weighted by atomic mass is 16.4. The van der Waals surface area contributed by atoms with Crippen molar-refractivity contribution < 1.29 is 14.7 Å². The van der Waals surface area contributed by atoms with Crippen molar-refractivity contribution in [2.24, 2.45) is 11.7 Å². The van der Waals surface area contributed by atoms with E-state index in [1.807, 2.05) is 0 Å². The third-order valence-electron chi connectivity index (χ3n) is 3.14. The van der Waals surface area contributed by atoms with Gasteiger partial charge in [0.05, 0.1) is 0 Å². The van der Waals surface area contributed by atoms with E-state index in [0.29, 0.717) is 12.3 Å². The van der Waals surface area contributed by atoms with Crippen LogP contribution in [0.25, 0.3) is 0 Å². The highest BCUT2D eigenvalue weighted by Crippen LogP contribution is 2.12. The van der Waals surface area contributed by atoms with E-state index in [1.165, 1.54) is 0 Å². The van der Waals surface area contributed by atoms with E-state index in [0.717, 1.165) is 25.7 Å². The molecule has 0 aromatic carbocycles. The molecular weight excluding hydrogens is 232 g/mol. The lowest BCUT2D eigenvalue weighted by atomic mass is 10.0. The molecule has 0 radical (unpaired) electrons. The van der Waals surface area contributed by atoms with Crippen LogP contribution in [-0.2, 0) is 9.59 Å². The van der Waals surface area contributed by atoms with Gasteiger partial charge in [-0.25, -0.2) is 4.79 Å². The van der Waals surface area contributed by atoms with Crippen molar-refractivity contribution in [2.75, 3.05) is 6.54 Å². The fraction of sp³-hybridized carbons (Fsp3) is 0.846. The van der Waals surface area contributed by atoms with Crippen LogP contribution >= 0.6 is 0 Å². The summed E-state index contributed by atoms with van der Waals surface area (Å²) in [6.07, 6.45) is 4.76. The Kier molecular flexibility index (Phi) is 9.28. The molecule has 0 saturated carbocycles. The van der Waals surface area contributed by atoms with Crippen molar-refractivity contribution in [3.63, 3.8) is 0 Å². The first-order valence-electron chi connectivity index (χ1n) is 6.73. The van der Waals surface area contributed by atoms with E-state index >= 15 is 0 Å². The molecule has 0 spiro atoms. The molecule has 106 valence electrons. The van der Waals surface area contributed by atoms with Crippen LogP contribution in [0.1, 0.15) is 52.4 Å². The van der Waals surface area contributed by atoms with Crippen molar-refractivity contribution >= 4 is 11.9 Å². The van der Waals surface area contributed by atoms with E-state index < -0.39 is 12.0 Å². The molecule has 0 aliphatic rings. The molecule has 0 aromatic rings. The number of nitrogens with one attached hydrogen (secondary N) is 1. The Balaban J connectivity index is 3.78. The third kappa shape index (κ3) is 8.06. The van der Waals surface area contributed by atoms with Gasteiger partial charge in [0, 0.05) is 6.42 Å². The summed E-state index contributed by atoms with van der Waals surface area (Å²) in [4.78, 5) is 22.3. The molecule has 1 amide bonds. The molecule has 0 aromatic heterocycles. The molecule has 0 aliphatic heterocycles. The number of hydrogen-bond acceptors (Lipinski definition) is 3. The Morgan fingerprint density at radius 2 is 1.94 bits per heavy atom. The molecule has 5 nitrogen and oxygen atoms in total. The molecule has 0 rings (SSSR count). The quantitative estimate of drug-likeness (QED) is 0.518. The Morgan fingerprint density at radius 1 is 1.28 bits per heavy atom. The number of carbonyl (C=O) groups is 2. The molecule has 0 aliphatic carbocycles. The van der Waals surface area contributed by atoms with E-state index in [1.54, 1.807) is 0 Å². The Labute approximate surface area is 109 Å². The van der Waals surface area contributed by atoms with E-state index in [2.05, 4.69) is 19.2 Å². The van der Waals surface area contributed by atoms with E-state index in [4.69, 9.17) is 10.8 Å². The van der Waals surface area contributed by atoms with Crippen molar-refractivity contribution in [3.05, 3.63) is 0 Å². The fourth-order valence-electron chi connectivity index (χ4n) is 1.67. The molecule has 0 heterocycles. The van der Waals surface area contributed by atoms with Gasteiger partial charge in [-0.15, -0.1) is 0 Å². The summed E-state index contributed by atoms with van der Waals surface area (Å²) in [6, 6.07) is -0.850. The van der Waals surface area contributed by atoms with Gasteiger partial charge in [0.2, 0.25) is 5.91 Å². The van der Waals surface area contributed by atoms with Gasteiger partial charge < -0.3 is 16.2 Å². The minimum absolute atomic E-state index is 0.194. The molecule has 0 saturated heterocycles. The van der Waals surface area contributed by atoms with Gasteiger partial charge in [-0.2, -0.15) is 0 Å². The predicted octanol–water partition coefficient (Wildman–Crippen LogP) is 1.51. The second kappa shape index (κ2) is 9.88. The van der Waals surface area contributed by atoms with Gasteiger partial charge in [-0.05, 0) is 25.3 Å². The maximum absolute atomic E-state index is 11.5. The molecule has 2 atom stereocenters. The standard InChI is InChI=1S/C13H26N2O3/c1-3-10(2)6-4-5-7-12(16)15-11(8-9-14)13(17)18/h10-11H,3-9,14H2,1-2H3,(H,15,16)(H,17,18)/t10-,11-/m0/s1. The zero-order valence-corrected chi connectivity index (χ0v) is 11.4. The van der Waals surface area contributed by atoms with Gasteiger partial charge in [0.25, 0.3) is 0 Å². The lowest BCUT2D eigenvalue weighted by Gasteiger charge is -2.13. The number of carbonyl (C=O) groups excluding carboxylic acids is 1. The Bertz CT molecular complexity index is 257. The van der Waals surface area contributed by atoms with Gasteiger partial charge >= 0.3 is 5.97 Å². The second-order valence-corrected chi connectivity index (χ2v) is 4.79. The van der Waals surface area contributed by atoms with Crippen molar-refractivity contribution in [1.29, 1.82) is 0 Å². The maximum Gasteiger partial charge on any atom is 0.326 e. The van der Waals surface area contributed by atoms with Crippen LogP contribution in [-0.4, -0.2) is 29.6 Å². The molecule has 18 heavy (non-hydrogen) atoms. The SMILES string of the molecule is CC[C@H](C)CCCCC(=O)N[C@@H](CCN)C(=O)O. The first-order chi connectivity index (χ1) is 8.51. The number of unbranched alkanes of at least 4 members (excludes halogenated alkanes) is 1. The van der Waals surface area contributed by atoms with Crippen LogP contribution in [0.4, 0.5) is 0 Å². The van der Waals surface area contributed by atoms with Crippen LogP contribution in [0.5, 0.6) is 0 Å². The van der Waals surface area contributed by atoms with Crippen LogP contribution < -0.4 is 11.1 Å². The van der Waals surface area contributed by atoms with Crippen molar-refractivity contribution in [3.8, 4) is 0 Å². The molecule has 0 fully saturated rings. The van der Waals surface area contributed by atoms with Crippen LogP contribution in [0.3, 0.4) is 0 Å². The summed E-state index contributed by atoms with van der Waals surface area (Å²) in [7, 11) is 0. The number of rotatable bonds is 10. The van der Waals surface area contributed by atoms with Gasteiger partial charge in [0.1, 0.15) is 6.04 Å². The topological polar surface area (TPSA) is 92.4 Å². The first-order valence-corrected chi connectivity index (χ1v) is 6.73. The highest BCUT2D eigenvalue weighted by Gasteiger charge is 2.18. The third-order valence-corrected chi connectivity index (χ3v) is 3.14. The number of carboxylic acids is 1. The Hall–Kier alpha value is -1.10. The Morgan fingerprint density at radius 3 is 2.44 bits per heavy atom. The zero-order chi connectivity index (χ0) is 14.0. The largest absolute Gasteiger partial charge is 0.480 e. The lowest BCUT2D eigenvalue weighted by molar-refractivity contribution is -0.142. The summed E-state index contributed by atoms with van der Waals surface area (Å²) in [5, 5.41) is 11.4. The van der Waals surface area contributed by atoms with E-state index in [9.17, 15) is 9.59 Å². The smallest absolute Gasteiger partial charge is 0.326 e. The summed E-state index contributed by atoms with van der Waals surface area (Å²) in [6.45, 7) is 4.61. The molecular formula is C13H26N2O3. The lowest BCUT2D eigenvalue weighted by Crippen LogP contribution is -2.41. The van der Waals surface area contributed by atoms with Crippen molar-refractivity contribution in [2.45, 2.75) is 58.4 Å². The summed E-state index contributed by atoms with van der Waals surface area (Å²) < 4.78 is 0. The van der Waals surface area contributed by atoms with Gasteiger partial charge in [-0.1, -0.05) is 33.1 Å². The molecule has 0 unspecified atom stereocenters. The average molecular weight is 258 g/mol. The second-order valence-electron chi connectivity index (χ2n) is 4.79. The number of nitrogens with two attached hydrogens (primary N) is 1. The maximum atomic E-state index is 11.5. The zero-order valence-electron chi connectivity index (χ0n) is 11.4. The van der Waals surface area contributed by atoms with E-state index in [-0.39, 0.29) is 18.9 Å². The molecule has 4 N–H and O–H groups in total. The molecule has 0 bridgehead atoms. The first kappa shape index (κ1) is 16.9. The van der Waals surface area contributed by atoms with Crippen molar-refractivity contribution in [1.82, 2.24) is 5.32 Å². The number of amides is 1. The van der Waals surface area contributed by atoms with Crippen LogP contribution in [0, 0.1) is 5.92 Å². The molecule has 5 heteroatoms. The van der Waals surface area contributed by atoms with Gasteiger partial charge in [-0.3, -0.25) is 4.79 Å². The van der Waals surface area contributed by atoms with Gasteiger partial charge in [0.15, 0.2) is 0 Å². The number of aliphatic carboxylic acids is 1. The highest BCUT2D eigenvalue weighted by molar-refractivity contribution is 5.83. The minimum Gasteiger partial charge on any atom is -0.480 e. The predicted molar refractivity (Wildman–Crippen MR) is 71.2 cm³/mol. The van der Waals surface area contributed by atoms with Crippen LogP contribution in [0.2, 0.25) is 0 Å². The summed E-state index contributed by atoms with van der Waals surface area (Å²) in [5.74, 6) is -0.523. The normalized spacial score (nSPS) is 13.9. The fourth-order valence-corrected chi connectivity index (χ4v) is 1.67. The van der Waals surface area contributed by atoms with Crippen LogP contribution in [0.15, 0.2) is 0 Å². The average Bonchev–Trinajstić information content (AvgIpc) is 2.33. The summed E-state index contributed by atoms with van der Waals surface area (Å²) >= 11 is 0. The monoisotopic (exact) mass is 258 g/mol. The number of hydrogen-bond donors (Lipinski definition) is 3. The minimum atomic E-state index is -1.02. The number of carboxylic acid groups (broad SMARTS) is 1.